The van der Waals surface area contributed by atoms with Crippen LogP contribution in [0.1, 0.15) is 26.0 Å². The highest BCUT2D eigenvalue weighted by Crippen LogP contribution is 2.06. The summed E-state index contributed by atoms with van der Waals surface area (Å²) in [6.45, 7) is 6.04. The maximum absolute atomic E-state index is 11.5. The molecule has 3 N–H and O–H groups in total. The number of nitrogens with two attached hydrogens (primary N) is 1. The van der Waals surface area contributed by atoms with E-state index in [-0.39, 0.29) is 18.5 Å². The minimum absolute atomic E-state index is 0.0353. The first kappa shape index (κ1) is 11.6. The number of carbonyl (C=O) groups excluding carboxylic acids is 1. The second-order valence-corrected chi connectivity index (χ2v) is 3.74. The van der Waals surface area contributed by atoms with Crippen LogP contribution in [0.25, 0.3) is 0 Å². The Morgan fingerprint density at radius 1 is 1.73 bits per heavy atom. The Morgan fingerprint density at radius 2 is 2.40 bits per heavy atom. The number of aromatic nitrogens is 2. The minimum Gasteiger partial charge on any atom is -0.396 e. The molecule has 1 atom stereocenters. The number of anilines is 1. The molecule has 0 aliphatic heterocycles. The predicted octanol–water partition coefficient (Wildman–Crippen LogP) is 0.688. The van der Waals surface area contributed by atoms with Crippen LogP contribution in [0.3, 0.4) is 0 Å². The minimum atomic E-state index is -0.0353. The van der Waals surface area contributed by atoms with E-state index in [4.69, 9.17) is 5.73 Å². The molecular weight excluding hydrogens is 192 g/mol. The summed E-state index contributed by atoms with van der Waals surface area (Å²) in [7, 11) is 0. The Balaban J connectivity index is 2.51. The lowest BCUT2D eigenvalue weighted by atomic mass is 10.2. The van der Waals surface area contributed by atoms with Gasteiger partial charge < -0.3 is 11.1 Å². The van der Waals surface area contributed by atoms with Crippen molar-refractivity contribution in [3.05, 3.63) is 11.9 Å². The second kappa shape index (κ2) is 4.82. The summed E-state index contributed by atoms with van der Waals surface area (Å²) < 4.78 is 1.56. The van der Waals surface area contributed by atoms with Crippen molar-refractivity contribution in [3.63, 3.8) is 0 Å². The van der Waals surface area contributed by atoms with Crippen LogP contribution < -0.4 is 11.1 Å². The van der Waals surface area contributed by atoms with Gasteiger partial charge in [-0.2, -0.15) is 5.10 Å². The van der Waals surface area contributed by atoms with Gasteiger partial charge in [0.05, 0.1) is 11.4 Å². The molecule has 0 saturated heterocycles. The molecule has 0 radical (unpaired) electrons. The smallest absolute Gasteiger partial charge is 0.241 e. The van der Waals surface area contributed by atoms with Crippen molar-refractivity contribution in [2.45, 2.75) is 39.8 Å². The van der Waals surface area contributed by atoms with Crippen molar-refractivity contribution in [2.24, 2.45) is 0 Å². The van der Waals surface area contributed by atoms with E-state index < -0.39 is 0 Å². The summed E-state index contributed by atoms with van der Waals surface area (Å²) in [6.07, 6.45) is 2.59. The van der Waals surface area contributed by atoms with Crippen molar-refractivity contribution in [1.82, 2.24) is 15.1 Å². The summed E-state index contributed by atoms with van der Waals surface area (Å²) in [5.41, 5.74) is 7.00. The van der Waals surface area contributed by atoms with Crippen LogP contribution in [0.5, 0.6) is 0 Å². The van der Waals surface area contributed by atoms with Gasteiger partial charge in [-0.3, -0.25) is 9.48 Å². The maximum Gasteiger partial charge on any atom is 0.241 e. The number of rotatable bonds is 4. The molecule has 0 aliphatic rings. The molecule has 0 fully saturated rings. The number of nitrogens with one attached hydrogen (secondary N) is 1. The van der Waals surface area contributed by atoms with Crippen LogP contribution in [-0.4, -0.2) is 21.7 Å². The van der Waals surface area contributed by atoms with Gasteiger partial charge in [0, 0.05) is 12.2 Å². The fourth-order valence-corrected chi connectivity index (χ4v) is 1.18. The molecule has 1 aromatic heterocycles. The van der Waals surface area contributed by atoms with Crippen molar-refractivity contribution in [2.75, 3.05) is 5.73 Å². The number of hydrogen-bond acceptors (Lipinski definition) is 3. The highest BCUT2D eigenvalue weighted by atomic mass is 16.2. The van der Waals surface area contributed by atoms with Crippen LogP contribution in [0, 0.1) is 6.92 Å². The largest absolute Gasteiger partial charge is 0.396 e. The zero-order chi connectivity index (χ0) is 11.4. The van der Waals surface area contributed by atoms with Gasteiger partial charge in [-0.15, -0.1) is 0 Å². The Kier molecular flexibility index (Phi) is 3.71. The Bertz CT molecular complexity index is 326. The second-order valence-electron chi connectivity index (χ2n) is 3.74. The van der Waals surface area contributed by atoms with Crippen LogP contribution in [0.15, 0.2) is 6.20 Å². The van der Waals surface area contributed by atoms with E-state index in [1.54, 1.807) is 10.9 Å². The van der Waals surface area contributed by atoms with E-state index in [9.17, 15) is 4.79 Å². The van der Waals surface area contributed by atoms with Gasteiger partial charge in [0.2, 0.25) is 5.91 Å². The van der Waals surface area contributed by atoms with E-state index in [0.29, 0.717) is 5.69 Å². The molecule has 0 bridgehead atoms. The third-order valence-electron chi connectivity index (χ3n) is 2.31. The zero-order valence-corrected chi connectivity index (χ0v) is 9.45. The van der Waals surface area contributed by atoms with E-state index >= 15 is 0 Å². The summed E-state index contributed by atoms with van der Waals surface area (Å²) in [4.78, 5) is 11.5. The summed E-state index contributed by atoms with van der Waals surface area (Å²) in [5, 5.41) is 6.98. The first-order valence-corrected chi connectivity index (χ1v) is 5.11. The van der Waals surface area contributed by atoms with Crippen LogP contribution in [0.2, 0.25) is 0 Å². The molecule has 5 nitrogen and oxygen atoms in total. The standard InChI is InChI=1S/C10H18N4O/c1-4-7(2)12-10(15)6-14-5-9(11)8(3)13-14/h5,7H,4,6,11H2,1-3H3,(H,12,15). The van der Waals surface area contributed by atoms with Crippen LogP contribution >= 0.6 is 0 Å². The highest BCUT2D eigenvalue weighted by molar-refractivity contribution is 5.76. The van der Waals surface area contributed by atoms with E-state index in [2.05, 4.69) is 10.4 Å². The molecule has 0 aromatic carbocycles. The van der Waals surface area contributed by atoms with Gasteiger partial charge in [0.1, 0.15) is 6.54 Å². The molecule has 15 heavy (non-hydrogen) atoms. The van der Waals surface area contributed by atoms with Gasteiger partial charge in [0.25, 0.3) is 0 Å². The lowest BCUT2D eigenvalue weighted by molar-refractivity contribution is -0.122. The Labute approximate surface area is 89.6 Å². The topological polar surface area (TPSA) is 72.9 Å². The average molecular weight is 210 g/mol. The van der Waals surface area contributed by atoms with E-state index in [1.807, 2.05) is 20.8 Å². The zero-order valence-electron chi connectivity index (χ0n) is 9.45. The summed E-state index contributed by atoms with van der Waals surface area (Å²) >= 11 is 0. The van der Waals surface area contributed by atoms with Gasteiger partial charge in [-0.05, 0) is 20.3 Å². The van der Waals surface area contributed by atoms with Gasteiger partial charge in [-0.25, -0.2) is 0 Å². The molecule has 5 heteroatoms. The highest BCUT2D eigenvalue weighted by Gasteiger charge is 2.08. The predicted molar refractivity (Wildman–Crippen MR) is 59.3 cm³/mol. The molecule has 0 spiro atoms. The molecule has 0 saturated carbocycles. The summed E-state index contributed by atoms with van der Waals surface area (Å²) in [6, 6.07) is 0.200. The van der Waals surface area contributed by atoms with Crippen LogP contribution in [-0.2, 0) is 11.3 Å². The maximum atomic E-state index is 11.5. The first-order chi connectivity index (χ1) is 7.02. The number of amides is 1. The number of carbonyl (C=O) groups is 1. The number of nitrogen functional groups attached to an aromatic ring is 1. The third kappa shape index (κ3) is 3.27. The molecule has 1 heterocycles. The van der Waals surface area contributed by atoms with Crippen molar-refractivity contribution in [1.29, 1.82) is 0 Å². The first-order valence-electron chi connectivity index (χ1n) is 5.11. The number of aryl methyl sites for hydroxylation is 1. The molecule has 0 aliphatic carbocycles. The van der Waals surface area contributed by atoms with Crippen LogP contribution in [0.4, 0.5) is 5.69 Å². The fraction of sp³-hybridized carbons (Fsp3) is 0.600. The molecule has 1 aromatic rings. The Morgan fingerprint density at radius 3 is 2.87 bits per heavy atom. The number of nitrogens with zero attached hydrogens (tertiary/aromatic N) is 2. The molecular formula is C10H18N4O. The lowest BCUT2D eigenvalue weighted by Crippen LogP contribution is -2.34. The molecule has 1 unspecified atom stereocenters. The van der Waals surface area contributed by atoms with Gasteiger partial charge >= 0.3 is 0 Å². The van der Waals surface area contributed by atoms with E-state index in [0.717, 1.165) is 12.1 Å². The summed E-state index contributed by atoms with van der Waals surface area (Å²) in [5.74, 6) is -0.0353. The SMILES string of the molecule is CCC(C)NC(=O)Cn1cc(N)c(C)n1. The van der Waals surface area contributed by atoms with Crippen molar-refractivity contribution < 1.29 is 4.79 Å². The third-order valence-corrected chi connectivity index (χ3v) is 2.31. The average Bonchev–Trinajstić information content (AvgIpc) is 2.45. The van der Waals surface area contributed by atoms with Crippen molar-refractivity contribution >= 4 is 11.6 Å². The normalized spacial score (nSPS) is 12.5. The molecule has 1 amide bonds. The monoisotopic (exact) mass is 210 g/mol. The lowest BCUT2D eigenvalue weighted by Gasteiger charge is -2.10. The molecule has 1 rings (SSSR count). The quantitative estimate of drug-likeness (QED) is 0.768. The van der Waals surface area contributed by atoms with Gasteiger partial charge in [-0.1, -0.05) is 6.92 Å². The number of hydrogen-bond donors (Lipinski definition) is 2. The van der Waals surface area contributed by atoms with Gasteiger partial charge in [0.15, 0.2) is 0 Å². The van der Waals surface area contributed by atoms with E-state index in [1.165, 1.54) is 0 Å². The van der Waals surface area contributed by atoms with Crippen molar-refractivity contribution in [3.8, 4) is 0 Å². The fourth-order valence-electron chi connectivity index (χ4n) is 1.18. The molecule has 84 valence electrons. The Hall–Kier alpha value is -1.52.